The van der Waals surface area contributed by atoms with Crippen molar-refractivity contribution in [2.45, 2.75) is 39.5 Å². The monoisotopic (exact) mass is 410 g/mol. The first-order valence-electron chi connectivity index (χ1n) is 9.39. The molecule has 0 N–H and O–H groups in total. The molecule has 3 aliphatic rings. The minimum absolute atomic E-state index is 0.0432. The number of ether oxygens (including phenoxy) is 2. The molecule has 3 heterocycles. The van der Waals surface area contributed by atoms with Gasteiger partial charge in [-0.25, -0.2) is 9.78 Å². The third-order valence-electron chi connectivity index (χ3n) is 5.68. The van der Waals surface area contributed by atoms with Crippen molar-refractivity contribution in [2.75, 3.05) is 4.90 Å². The van der Waals surface area contributed by atoms with Crippen LogP contribution in [-0.4, -0.2) is 29.2 Å². The zero-order chi connectivity index (χ0) is 20.7. The average Bonchev–Trinajstić information content (AvgIpc) is 3.43. The van der Waals surface area contributed by atoms with Crippen LogP contribution in [0.2, 0.25) is 0 Å². The Morgan fingerprint density at radius 3 is 2.76 bits per heavy atom. The lowest BCUT2D eigenvalue weighted by Gasteiger charge is -2.22. The van der Waals surface area contributed by atoms with Crippen molar-refractivity contribution in [1.29, 1.82) is 0 Å². The van der Waals surface area contributed by atoms with E-state index in [9.17, 15) is 9.59 Å². The van der Waals surface area contributed by atoms with Crippen LogP contribution in [0.3, 0.4) is 0 Å². The second-order valence-electron chi connectivity index (χ2n) is 7.33. The molecule has 3 atom stereocenters. The summed E-state index contributed by atoms with van der Waals surface area (Å²) in [5.41, 5.74) is 4.16. The molecule has 1 fully saturated rings. The fourth-order valence-corrected chi connectivity index (χ4v) is 4.69. The predicted octanol–water partition coefficient (Wildman–Crippen LogP) is 4.06. The molecule has 1 amide bonds. The number of anilines is 1. The maximum atomic E-state index is 13.3. The first kappa shape index (κ1) is 19.4. The van der Waals surface area contributed by atoms with Crippen LogP contribution < -0.4 is 4.90 Å². The summed E-state index contributed by atoms with van der Waals surface area (Å²) in [6, 6.07) is -0.135. The van der Waals surface area contributed by atoms with E-state index in [1.165, 1.54) is 23.2 Å². The molecule has 29 heavy (non-hydrogen) atoms. The molecule has 1 saturated heterocycles. The topological polar surface area (TPSA) is 68.7 Å². The normalized spacial score (nSPS) is 28.2. The number of esters is 1. The van der Waals surface area contributed by atoms with Gasteiger partial charge in [0.1, 0.15) is 0 Å². The second kappa shape index (κ2) is 7.48. The van der Waals surface area contributed by atoms with E-state index in [1.54, 1.807) is 31.0 Å². The Hall–Kier alpha value is -2.93. The van der Waals surface area contributed by atoms with Gasteiger partial charge in [-0.3, -0.25) is 9.69 Å². The standard InChI is InChI=1S/C22H22N2O4S/c1-5-6-7-15-12(2)10-16-17(11-27-21-14(4)13(3)20(26)28-21)19(25)24(18(15)16)22-23-8-9-29-22/h5-9,11,16,18,21H,1,10H2,2-4H3/b7-6-,17-11+. The maximum Gasteiger partial charge on any atom is 0.337 e. The van der Waals surface area contributed by atoms with Crippen molar-refractivity contribution >= 4 is 28.3 Å². The van der Waals surface area contributed by atoms with Gasteiger partial charge in [0.2, 0.25) is 0 Å². The smallest absolute Gasteiger partial charge is 0.337 e. The van der Waals surface area contributed by atoms with Gasteiger partial charge in [0.05, 0.1) is 17.9 Å². The molecule has 1 aromatic rings. The van der Waals surface area contributed by atoms with Crippen molar-refractivity contribution in [3.63, 3.8) is 0 Å². The highest BCUT2D eigenvalue weighted by atomic mass is 32.1. The highest BCUT2D eigenvalue weighted by Crippen LogP contribution is 2.47. The van der Waals surface area contributed by atoms with E-state index in [1.807, 2.05) is 17.5 Å². The van der Waals surface area contributed by atoms with E-state index in [0.29, 0.717) is 16.3 Å². The molecule has 0 bridgehead atoms. The lowest BCUT2D eigenvalue weighted by molar-refractivity contribution is -0.153. The first-order valence-corrected chi connectivity index (χ1v) is 10.3. The zero-order valence-electron chi connectivity index (χ0n) is 16.5. The van der Waals surface area contributed by atoms with Crippen molar-refractivity contribution in [1.82, 2.24) is 4.98 Å². The summed E-state index contributed by atoms with van der Waals surface area (Å²) >= 11 is 1.43. The van der Waals surface area contributed by atoms with Crippen LogP contribution in [0.4, 0.5) is 5.13 Å². The third-order valence-corrected chi connectivity index (χ3v) is 6.45. The number of amides is 1. The van der Waals surface area contributed by atoms with Gasteiger partial charge >= 0.3 is 5.97 Å². The lowest BCUT2D eigenvalue weighted by Crippen LogP contribution is -2.34. The van der Waals surface area contributed by atoms with Crippen molar-refractivity contribution < 1.29 is 19.1 Å². The van der Waals surface area contributed by atoms with Crippen molar-refractivity contribution in [3.05, 3.63) is 70.5 Å². The van der Waals surface area contributed by atoms with E-state index in [4.69, 9.17) is 9.47 Å². The molecule has 4 rings (SSSR count). The van der Waals surface area contributed by atoms with E-state index >= 15 is 0 Å². The Morgan fingerprint density at radius 2 is 2.14 bits per heavy atom. The lowest BCUT2D eigenvalue weighted by atomic mass is 9.96. The minimum Gasteiger partial charge on any atom is -0.458 e. The Kier molecular flexibility index (Phi) is 5.00. The van der Waals surface area contributed by atoms with Gasteiger partial charge in [0, 0.05) is 28.6 Å². The first-order chi connectivity index (χ1) is 13.9. The van der Waals surface area contributed by atoms with Crippen LogP contribution in [-0.2, 0) is 19.1 Å². The molecular formula is C22H22N2O4S. The van der Waals surface area contributed by atoms with Crippen molar-refractivity contribution in [3.8, 4) is 0 Å². The van der Waals surface area contributed by atoms with Gasteiger partial charge in [0.15, 0.2) is 5.13 Å². The fourth-order valence-electron chi connectivity index (χ4n) is 4.02. The predicted molar refractivity (Wildman–Crippen MR) is 111 cm³/mol. The number of hydrogen-bond donors (Lipinski definition) is 0. The molecule has 7 heteroatoms. The molecule has 0 spiro atoms. The molecule has 150 valence electrons. The van der Waals surface area contributed by atoms with E-state index in [-0.39, 0.29) is 23.8 Å². The number of aromatic nitrogens is 1. The van der Waals surface area contributed by atoms with Crippen molar-refractivity contribution in [2.24, 2.45) is 5.92 Å². The van der Waals surface area contributed by atoms with Crippen LogP contribution >= 0.6 is 11.3 Å². The SMILES string of the molecule is C=C/C=C\C1=C(C)CC2/C(=C\OC3OC(=O)C(C)=C3C)C(=O)N(c3nccs3)C12. The zero-order valence-corrected chi connectivity index (χ0v) is 17.4. The Morgan fingerprint density at radius 1 is 1.34 bits per heavy atom. The highest BCUT2D eigenvalue weighted by Gasteiger charge is 2.50. The quantitative estimate of drug-likeness (QED) is 0.317. The molecule has 0 radical (unpaired) electrons. The Bertz CT molecular complexity index is 1000. The minimum atomic E-state index is -0.786. The van der Waals surface area contributed by atoms with Gasteiger partial charge in [0.25, 0.3) is 12.2 Å². The molecule has 6 nitrogen and oxygen atoms in total. The molecule has 1 aromatic heterocycles. The molecule has 1 aliphatic carbocycles. The number of thiazole rings is 1. The van der Waals surface area contributed by atoms with Gasteiger partial charge in [-0.15, -0.1) is 11.3 Å². The highest BCUT2D eigenvalue weighted by molar-refractivity contribution is 7.13. The van der Waals surface area contributed by atoms with E-state index in [2.05, 4.69) is 18.5 Å². The summed E-state index contributed by atoms with van der Waals surface area (Å²) in [7, 11) is 0. The summed E-state index contributed by atoms with van der Waals surface area (Å²) in [6.45, 7) is 9.33. The number of carbonyl (C=O) groups is 2. The molecule has 3 unspecified atom stereocenters. The van der Waals surface area contributed by atoms with Gasteiger partial charge in [-0.2, -0.15) is 0 Å². The molecular weight excluding hydrogens is 388 g/mol. The number of allylic oxidation sites excluding steroid dienone is 3. The second-order valence-corrected chi connectivity index (χ2v) is 8.20. The number of cyclic esters (lactones) is 1. The number of carbonyl (C=O) groups excluding carboxylic acids is 2. The number of fused-ring (bicyclic) bond motifs is 1. The maximum absolute atomic E-state index is 13.3. The summed E-state index contributed by atoms with van der Waals surface area (Å²) in [5, 5.41) is 2.52. The van der Waals surface area contributed by atoms with Crippen LogP contribution in [0.1, 0.15) is 27.2 Å². The van der Waals surface area contributed by atoms with E-state index < -0.39 is 6.29 Å². The number of hydrogen-bond acceptors (Lipinski definition) is 6. The van der Waals surface area contributed by atoms with Crippen LogP contribution in [0.15, 0.2) is 70.5 Å². The average molecular weight is 410 g/mol. The fraction of sp³-hybridized carbons (Fsp3) is 0.318. The van der Waals surface area contributed by atoms with Gasteiger partial charge < -0.3 is 9.47 Å². The summed E-state index contributed by atoms with van der Waals surface area (Å²) < 4.78 is 11.0. The van der Waals surface area contributed by atoms with Crippen LogP contribution in [0.5, 0.6) is 0 Å². The van der Waals surface area contributed by atoms with Crippen LogP contribution in [0.25, 0.3) is 0 Å². The summed E-state index contributed by atoms with van der Waals surface area (Å²) in [5.74, 6) is -0.561. The van der Waals surface area contributed by atoms with E-state index in [0.717, 1.165) is 17.6 Å². The Labute approximate surface area is 173 Å². The molecule has 0 saturated carbocycles. The largest absolute Gasteiger partial charge is 0.458 e. The molecule has 0 aromatic carbocycles. The van der Waals surface area contributed by atoms with Gasteiger partial charge in [-0.05, 0) is 32.8 Å². The summed E-state index contributed by atoms with van der Waals surface area (Å²) in [4.78, 5) is 31.2. The third kappa shape index (κ3) is 3.15. The summed E-state index contributed by atoms with van der Waals surface area (Å²) in [6.07, 6.45) is 8.76. The number of rotatable bonds is 5. The van der Waals surface area contributed by atoms with Crippen LogP contribution in [0, 0.1) is 5.92 Å². The van der Waals surface area contributed by atoms with Gasteiger partial charge in [-0.1, -0.05) is 30.4 Å². The Balaban J connectivity index is 1.69. The molecule has 2 aliphatic heterocycles. The number of nitrogens with zero attached hydrogens (tertiary/aromatic N) is 2.